The molecule has 0 spiro atoms. The molecule has 1 fully saturated rings. The Morgan fingerprint density at radius 2 is 1.08 bits per heavy atom. The monoisotopic (exact) mass is 298 g/mol. The first-order valence-corrected chi connectivity index (χ1v) is 6.48. The van der Waals surface area contributed by atoms with Crippen LogP contribution < -0.4 is 11.5 Å². The molecule has 4 heteroatoms. The van der Waals surface area contributed by atoms with Crippen LogP contribution in [0.2, 0.25) is 0 Å². The van der Waals surface area contributed by atoms with Gasteiger partial charge in [0.25, 0.3) is 0 Å². The second-order valence-corrected chi connectivity index (χ2v) is 5.11. The molecule has 0 aliphatic heterocycles. The van der Waals surface area contributed by atoms with Gasteiger partial charge in [0.05, 0.1) is 0 Å². The van der Waals surface area contributed by atoms with Crippen molar-refractivity contribution < 1.29 is 0 Å². The Balaban J connectivity index is 2.49. The highest BCUT2D eigenvalue weighted by Crippen LogP contribution is 2.33. The third-order valence-corrected chi connectivity index (χ3v) is 5.01. The van der Waals surface area contributed by atoms with Crippen molar-refractivity contribution in [1.82, 2.24) is 0 Å². The van der Waals surface area contributed by atoms with Crippen LogP contribution in [0.3, 0.4) is 0 Å². The minimum Gasteiger partial charge on any atom is -0.324 e. The predicted molar refractivity (Wildman–Crippen MR) is 59.9 cm³/mol. The van der Waals surface area contributed by atoms with Gasteiger partial charge >= 0.3 is 0 Å². The average molecular weight is 300 g/mol. The van der Waals surface area contributed by atoms with Gasteiger partial charge in [-0.25, -0.2) is 0 Å². The molecule has 0 heterocycles. The van der Waals surface area contributed by atoms with Crippen molar-refractivity contribution in [3.8, 4) is 0 Å². The lowest BCUT2D eigenvalue weighted by atomic mass is 9.75. The summed E-state index contributed by atoms with van der Waals surface area (Å²) in [5.74, 6) is 0. The predicted octanol–water partition coefficient (Wildman–Crippen LogP) is 1.75. The topological polar surface area (TPSA) is 52.0 Å². The average Bonchev–Trinajstić information content (AvgIpc) is 2.11. The summed E-state index contributed by atoms with van der Waals surface area (Å²) >= 11 is 6.90. The van der Waals surface area contributed by atoms with Crippen LogP contribution in [-0.2, 0) is 0 Å². The number of hydrogen-bond acceptors (Lipinski definition) is 2. The van der Waals surface area contributed by atoms with Crippen LogP contribution in [-0.4, -0.2) is 21.7 Å². The van der Waals surface area contributed by atoms with Gasteiger partial charge in [-0.1, -0.05) is 31.9 Å². The van der Waals surface area contributed by atoms with Crippen molar-refractivity contribution >= 4 is 31.9 Å². The van der Waals surface area contributed by atoms with Gasteiger partial charge < -0.3 is 11.5 Å². The summed E-state index contributed by atoms with van der Waals surface area (Å²) in [6.07, 6.45) is 4.11. The first-order valence-electron chi connectivity index (χ1n) is 4.23. The molecule has 1 saturated carbocycles. The SMILES string of the molecule is NC1(CBr)CCC(N)(CBr)CC1. The molecule has 0 bridgehead atoms. The van der Waals surface area contributed by atoms with Gasteiger partial charge in [-0.15, -0.1) is 0 Å². The first-order chi connectivity index (χ1) is 5.54. The van der Waals surface area contributed by atoms with E-state index in [0.717, 1.165) is 36.3 Å². The Hall–Kier alpha value is 0.880. The van der Waals surface area contributed by atoms with Crippen molar-refractivity contribution in [3.05, 3.63) is 0 Å². The molecule has 1 aliphatic rings. The van der Waals surface area contributed by atoms with E-state index in [-0.39, 0.29) is 11.1 Å². The van der Waals surface area contributed by atoms with Crippen LogP contribution in [0.4, 0.5) is 0 Å². The highest BCUT2D eigenvalue weighted by Gasteiger charge is 2.36. The van der Waals surface area contributed by atoms with Crippen molar-refractivity contribution in [2.24, 2.45) is 11.5 Å². The van der Waals surface area contributed by atoms with Crippen molar-refractivity contribution in [2.45, 2.75) is 36.8 Å². The Morgan fingerprint density at radius 1 is 0.833 bits per heavy atom. The zero-order valence-electron chi connectivity index (χ0n) is 7.15. The summed E-state index contributed by atoms with van der Waals surface area (Å²) in [7, 11) is 0. The lowest BCUT2D eigenvalue weighted by Gasteiger charge is -2.41. The fourth-order valence-corrected chi connectivity index (χ4v) is 2.63. The third kappa shape index (κ3) is 2.44. The largest absolute Gasteiger partial charge is 0.324 e. The molecule has 2 nitrogen and oxygen atoms in total. The molecule has 1 rings (SSSR count). The van der Waals surface area contributed by atoms with E-state index in [0.29, 0.717) is 0 Å². The van der Waals surface area contributed by atoms with E-state index >= 15 is 0 Å². The molecular weight excluding hydrogens is 284 g/mol. The quantitative estimate of drug-likeness (QED) is 0.763. The summed E-state index contributed by atoms with van der Waals surface area (Å²) in [5, 5.41) is 1.77. The minimum atomic E-state index is -0.00889. The molecule has 0 aromatic rings. The maximum absolute atomic E-state index is 6.12. The fourth-order valence-electron chi connectivity index (χ4n) is 1.51. The van der Waals surface area contributed by atoms with E-state index in [9.17, 15) is 0 Å². The molecule has 0 amide bonds. The Morgan fingerprint density at radius 3 is 1.25 bits per heavy atom. The van der Waals surface area contributed by atoms with Crippen LogP contribution in [0, 0.1) is 0 Å². The number of alkyl halides is 2. The second kappa shape index (κ2) is 3.95. The summed E-state index contributed by atoms with van der Waals surface area (Å²) in [5.41, 5.74) is 12.2. The number of hydrogen-bond donors (Lipinski definition) is 2. The van der Waals surface area contributed by atoms with Gasteiger partial charge in [0, 0.05) is 21.7 Å². The van der Waals surface area contributed by atoms with Crippen LogP contribution in [0.15, 0.2) is 0 Å². The van der Waals surface area contributed by atoms with Gasteiger partial charge in [-0.2, -0.15) is 0 Å². The van der Waals surface area contributed by atoms with E-state index in [1.165, 1.54) is 0 Å². The third-order valence-electron chi connectivity index (χ3n) is 2.77. The highest BCUT2D eigenvalue weighted by atomic mass is 79.9. The number of nitrogens with two attached hydrogens (primary N) is 2. The summed E-state index contributed by atoms with van der Waals surface area (Å²) in [6.45, 7) is 0. The Labute approximate surface area is 90.7 Å². The van der Waals surface area contributed by atoms with E-state index in [1.54, 1.807) is 0 Å². The summed E-state index contributed by atoms with van der Waals surface area (Å²) in [6, 6.07) is 0. The van der Waals surface area contributed by atoms with Gasteiger partial charge in [-0.3, -0.25) is 0 Å². The molecule has 0 unspecified atom stereocenters. The molecule has 0 aromatic carbocycles. The molecule has 1 aliphatic carbocycles. The molecule has 0 atom stereocenters. The molecule has 0 radical (unpaired) electrons. The fraction of sp³-hybridized carbons (Fsp3) is 1.00. The molecule has 72 valence electrons. The minimum absolute atomic E-state index is 0.00889. The van der Waals surface area contributed by atoms with Gasteiger partial charge in [0.2, 0.25) is 0 Å². The lowest BCUT2D eigenvalue weighted by Crippen LogP contribution is -2.54. The lowest BCUT2D eigenvalue weighted by molar-refractivity contribution is 0.240. The first kappa shape index (κ1) is 11.0. The van der Waals surface area contributed by atoms with Crippen molar-refractivity contribution in [1.29, 1.82) is 0 Å². The Bertz CT molecular complexity index is 135. The molecular formula is C8H16Br2N2. The number of halogens is 2. The van der Waals surface area contributed by atoms with E-state index in [2.05, 4.69) is 31.9 Å². The van der Waals surface area contributed by atoms with Gasteiger partial charge in [0.1, 0.15) is 0 Å². The van der Waals surface area contributed by atoms with Gasteiger partial charge in [0.15, 0.2) is 0 Å². The van der Waals surface area contributed by atoms with Crippen molar-refractivity contribution in [3.63, 3.8) is 0 Å². The number of rotatable bonds is 2. The van der Waals surface area contributed by atoms with Gasteiger partial charge in [-0.05, 0) is 25.7 Å². The van der Waals surface area contributed by atoms with Crippen molar-refractivity contribution in [2.75, 3.05) is 10.7 Å². The Kier molecular flexibility index (Phi) is 3.60. The maximum atomic E-state index is 6.12. The smallest absolute Gasteiger partial charge is 0.0253 e. The molecule has 12 heavy (non-hydrogen) atoms. The van der Waals surface area contributed by atoms with Crippen LogP contribution in [0.5, 0.6) is 0 Å². The molecule has 4 N–H and O–H groups in total. The zero-order chi connectivity index (χ0) is 9.24. The highest BCUT2D eigenvalue weighted by molar-refractivity contribution is 9.09. The summed E-state index contributed by atoms with van der Waals surface area (Å²) in [4.78, 5) is 0. The molecule has 0 aromatic heterocycles. The normalized spacial score (nSPS) is 43.0. The van der Waals surface area contributed by atoms with E-state index < -0.39 is 0 Å². The standard InChI is InChI=1S/C8H16Br2N2/c9-5-7(11)1-2-8(12,6-10)4-3-7/h1-6,11-12H2. The zero-order valence-corrected chi connectivity index (χ0v) is 10.3. The van der Waals surface area contributed by atoms with E-state index in [1.807, 2.05) is 0 Å². The maximum Gasteiger partial charge on any atom is 0.0253 e. The van der Waals surface area contributed by atoms with E-state index in [4.69, 9.17) is 11.5 Å². The van der Waals surface area contributed by atoms with Crippen LogP contribution in [0.25, 0.3) is 0 Å². The second-order valence-electron chi connectivity index (χ2n) is 3.99. The van der Waals surface area contributed by atoms with Crippen LogP contribution in [0.1, 0.15) is 25.7 Å². The summed E-state index contributed by atoms with van der Waals surface area (Å²) < 4.78 is 0. The molecule has 0 saturated heterocycles. The van der Waals surface area contributed by atoms with Crippen LogP contribution >= 0.6 is 31.9 Å².